The average Bonchev–Trinajstić information content (AvgIpc) is 2.45. The van der Waals surface area contributed by atoms with Gasteiger partial charge in [-0.05, 0) is 43.9 Å². The van der Waals surface area contributed by atoms with E-state index >= 15 is 0 Å². The van der Waals surface area contributed by atoms with E-state index in [1.807, 2.05) is 20.8 Å². The Kier molecular flexibility index (Phi) is 7.76. The van der Waals surface area contributed by atoms with Crippen LogP contribution in [-0.4, -0.2) is 23.1 Å². The van der Waals surface area contributed by atoms with Crippen LogP contribution in [0, 0.1) is 17.8 Å². The fraction of sp³-hybridized carbons (Fsp3) is 0.882. The van der Waals surface area contributed by atoms with E-state index in [0.717, 1.165) is 38.5 Å². The summed E-state index contributed by atoms with van der Waals surface area (Å²) >= 11 is 0. The highest BCUT2D eigenvalue weighted by Gasteiger charge is 2.36. The lowest BCUT2D eigenvalue weighted by molar-refractivity contribution is -0.153. The minimum absolute atomic E-state index is 0.0842. The van der Waals surface area contributed by atoms with Crippen molar-refractivity contribution in [1.82, 2.24) is 0 Å². The molecule has 1 rings (SSSR count). The minimum atomic E-state index is -0.702. The second-order valence-corrected chi connectivity index (χ2v) is 6.39. The van der Waals surface area contributed by atoms with Gasteiger partial charge in [0.05, 0.1) is 5.92 Å². The van der Waals surface area contributed by atoms with Crippen molar-refractivity contribution in [1.29, 1.82) is 0 Å². The summed E-state index contributed by atoms with van der Waals surface area (Å²) in [6.07, 6.45) is 6.58. The third-order valence-corrected chi connectivity index (χ3v) is 4.75. The maximum Gasteiger partial charge on any atom is 0.307 e. The Morgan fingerprint density at radius 1 is 1.29 bits per heavy atom. The van der Waals surface area contributed by atoms with Gasteiger partial charge < -0.3 is 9.84 Å². The summed E-state index contributed by atoms with van der Waals surface area (Å²) < 4.78 is 5.54. The molecular weight excluding hydrogens is 268 g/mol. The van der Waals surface area contributed by atoms with Crippen molar-refractivity contribution in [3.05, 3.63) is 0 Å². The molecule has 1 aliphatic carbocycles. The molecule has 0 radical (unpaired) electrons. The second-order valence-electron chi connectivity index (χ2n) is 6.39. The first-order valence-corrected chi connectivity index (χ1v) is 8.41. The summed E-state index contributed by atoms with van der Waals surface area (Å²) in [5.74, 6) is -0.838. The van der Waals surface area contributed by atoms with Gasteiger partial charge in [-0.2, -0.15) is 0 Å². The highest BCUT2D eigenvalue weighted by atomic mass is 16.5. The van der Waals surface area contributed by atoms with Crippen molar-refractivity contribution in [3.8, 4) is 0 Å². The molecule has 1 fully saturated rings. The number of rotatable bonds is 8. The normalized spacial score (nSPS) is 25.1. The largest absolute Gasteiger partial charge is 0.481 e. The molecule has 0 bridgehead atoms. The summed E-state index contributed by atoms with van der Waals surface area (Å²) in [5, 5.41) is 9.50. The van der Waals surface area contributed by atoms with E-state index in [0.29, 0.717) is 12.8 Å². The maximum absolute atomic E-state index is 11.7. The van der Waals surface area contributed by atoms with Crippen LogP contribution < -0.4 is 0 Å². The number of ether oxygens (including phenoxy) is 1. The van der Waals surface area contributed by atoms with E-state index in [9.17, 15) is 14.7 Å². The van der Waals surface area contributed by atoms with Crippen molar-refractivity contribution >= 4 is 11.9 Å². The van der Waals surface area contributed by atoms with Gasteiger partial charge in [-0.1, -0.05) is 33.6 Å². The Balaban J connectivity index is 2.57. The lowest BCUT2D eigenvalue weighted by Gasteiger charge is -2.34. The number of carboxylic acid groups (broad SMARTS) is 1. The number of carboxylic acids is 1. The zero-order valence-electron chi connectivity index (χ0n) is 13.6. The number of aliphatic carboxylic acids is 1. The van der Waals surface area contributed by atoms with Crippen LogP contribution in [0.2, 0.25) is 0 Å². The van der Waals surface area contributed by atoms with E-state index < -0.39 is 5.97 Å². The molecule has 0 amide bonds. The predicted octanol–water partition coefficient (Wildman–Crippen LogP) is 4.03. The van der Waals surface area contributed by atoms with Gasteiger partial charge in [0.25, 0.3) is 0 Å². The molecule has 4 nitrogen and oxygen atoms in total. The average molecular weight is 298 g/mol. The van der Waals surface area contributed by atoms with E-state index in [1.165, 1.54) is 0 Å². The van der Waals surface area contributed by atoms with E-state index in [2.05, 4.69) is 0 Å². The standard InChI is InChI=1S/C17H30O4/c1-4-6-10-15(18)21-14-9-7-8-13(11-14)16(17(19)20)12(3)5-2/h12-14,16H,4-11H2,1-3H3,(H,19,20). The number of hydrogen-bond acceptors (Lipinski definition) is 3. The quantitative estimate of drug-likeness (QED) is 0.687. The molecule has 1 aliphatic rings. The molecule has 0 aromatic heterocycles. The summed E-state index contributed by atoms with van der Waals surface area (Å²) in [4.78, 5) is 23.3. The summed E-state index contributed by atoms with van der Waals surface area (Å²) in [6, 6.07) is 0. The van der Waals surface area contributed by atoms with Gasteiger partial charge in [0.2, 0.25) is 0 Å². The predicted molar refractivity (Wildman–Crippen MR) is 81.9 cm³/mol. The van der Waals surface area contributed by atoms with E-state index in [-0.39, 0.29) is 29.8 Å². The molecular formula is C17H30O4. The van der Waals surface area contributed by atoms with Crippen LogP contribution in [0.4, 0.5) is 0 Å². The Labute approximate surface area is 128 Å². The van der Waals surface area contributed by atoms with Crippen LogP contribution >= 0.6 is 0 Å². The fourth-order valence-electron chi connectivity index (χ4n) is 3.34. The van der Waals surface area contributed by atoms with Gasteiger partial charge >= 0.3 is 11.9 Å². The second kappa shape index (κ2) is 9.06. The van der Waals surface area contributed by atoms with Crippen LogP contribution in [0.15, 0.2) is 0 Å². The molecule has 4 unspecified atom stereocenters. The number of carbonyl (C=O) groups excluding carboxylic acids is 1. The molecule has 0 aliphatic heterocycles. The minimum Gasteiger partial charge on any atom is -0.481 e. The first kappa shape index (κ1) is 18.0. The maximum atomic E-state index is 11.7. The van der Waals surface area contributed by atoms with Crippen LogP contribution in [-0.2, 0) is 14.3 Å². The molecule has 1 saturated carbocycles. The zero-order chi connectivity index (χ0) is 15.8. The molecule has 4 atom stereocenters. The molecule has 21 heavy (non-hydrogen) atoms. The molecule has 0 spiro atoms. The van der Waals surface area contributed by atoms with Crippen molar-refractivity contribution in [2.75, 3.05) is 0 Å². The van der Waals surface area contributed by atoms with E-state index in [4.69, 9.17) is 4.74 Å². The Morgan fingerprint density at radius 2 is 2.00 bits per heavy atom. The lowest BCUT2D eigenvalue weighted by Crippen LogP contribution is -2.35. The summed E-state index contributed by atoms with van der Waals surface area (Å²) in [7, 11) is 0. The van der Waals surface area contributed by atoms with E-state index in [1.54, 1.807) is 0 Å². The van der Waals surface area contributed by atoms with Crippen molar-refractivity contribution in [3.63, 3.8) is 0 Å². The molecule has 0 aromatic rings. The Hall–Kier alpha value is -1.06. The zero-order valence-corrected chi connectivity index (χ0v) is 13.6. The molecule has 0 heterocycles. The number of carbonyl (C=O) groups is 2. The van der Waals surface area contributed by atoms with Gasteiger partial charge in [0, 0.05) is 6.42 Å². The summed E-state index contributed by atoms with van der Waals surface area (Å²) in [6.45, 7) is 6.09. The number of esters is 1. The first-order chi connectivity index (χ1) is 9.99. The molecule has 0 saturated heterocycles. The van der Waals surface area contributed by atoms with Gasteiger partial charge in [0.1, 0.15) is 6.10 Å². The Morgan fingerprint density at radius 3 is 2.57 bits per heavy atom. The smallest absolute Gasteiger partial charge is 0.307 e. The monoisotopic (exact) mass is 298 g/mol. The first-order valence-electron chi connectivity index (χ1n) is 8.41. The van der Waals surface area contributed by atoms with Crippen molar-refractivity contribution < 1.29 is 19.4 Å². The molecule has 0 aromatic carbocycles. The third-order valence-electron chi connectivity index (χ3n) is 4.75. The number of hydrogen-bond donors (Lipinski definition) is 1. The molecule has 122 valence electrons. The highest BCUT2D eigenvalue weighted by Crippen LogP contribution is 2.36. The highest BCUT2D eigenvalue weighted by molar-refractivity contribution is 5.71. The van der Waals surface area contributed by atoms with Crippen LogP contribution in [0.5, 0.6) is 0 Å². The topological polar surface area (TPSA) is 63.6 Å². The number of unbranched alkanes of at least 4 members (excludes halogenated alkanes) is 1. The van der Waals surface area contributed by atoms with Gasteiger partial charge in [0.15, 0.2) is 0 Å². The van der Waals surface area contributed by atoms with Crippen LogP contribution in [0.1, 0.15) is 72.1 Å². The van der Waals surface area contributed by atoms with Crippen molar-refractivity contribution in [2.45, 2.75) is 78.2 Å². The summed E-state index contributed by atoms with van der Waals surface area (Å²) in [5.41, 5.74) is 0. The lowest BCUT2D eigenvalue weighted by atomic mass is 9.73. The third kappa shape index (κ3) is 5.68. The van der Waals surface area contributed by atoms with Crippen LogP contribution in [0.3, 0.4) is 0 Å². The van der Waals surface area contributed by atoms with Gasteiger partial charge in [-0.3, -0.25) is 9.59 Å². The Bertz CT molecular complexity index is 340. The van der Waals surface area contributed by atoms with Gasteiger partial charge in [-0.25, -0.2) is 0 Å². The molecule has 1 N–H and O–H groups in total. The SMILES string of the molecule is CCCCC(=O)OC1CCCC(C(C(=O)O)C(C)CC)C1. The van der Waals surface area contributed by atoms with Gasteiger partial charge in [-0.15, -0.1) is 0 Å². The van der Waals surface area contributed by atoms with Crippen molar-refractivity contribution in [2.24, 2.45) is 17.8 Å². The van der Waals surface area contributed by atoms with Crippen LogP contribution in [0.25, 0.3) is 0 Å². The fourth-order valence-corrected chi connectivity index (χ4v) is 3.34. The molecule has 4 heteroatoms.